The van der Waals surface area contributed by atoms with E-state index in [0.29, 0.717) is 18.3 Å². The standard InChI is InChI=1S/C12H15BrF3NO2/c1-8(6-17-2)7-18-9-3-4-11(10(13)5-9)19-12(14,15)16/h3-5,8,17H,6-7H2,1-2H3. The molecule has 1 N–H and O–H groups in total. The topological polar surface area (TPSA) is 30.5 Å². The zero-order chi connectivity index (χ0) is 14.5. The molecular formula is C12H15BrF3NO2. The Morgan fingerprint density at radius 2 is 2.05 bits per heavy atom. The van der Waals surface area contributed by atoms with Gasteiger partial charge in [-0.2, -0.15) is 0 Å². The summed E-state index contributed by atoms with van der Waals surface area (Å²) in [7, 11) is 1.84. The summed E-state index contributed by atoms with van der Waals surface area (Å²) >= 11 is 3.02. The Labute approximate surface area is 118 Å². The lowest BCUT2D eigenvalue weighted by atomic mass is 10.2. The summed E-state index contributed by atoms with van der Waals surface area (Å²) in [5.74, 6) is 0.502. The molecule has 1 rings (SSSR count). The molecule has 0 aliphatic rings. The van der Waals surface area contributed by atoms with Crippen LogP contribution in [-0.4, -0.2) is 26.6 Å². The molecule has 0 saturated heterocycles. The minimum Gasteiger partial charge on any atom is -0.493 e. The third kappa shape index (κ3) is 6.15. The average molecular weight is 342 g/mol. The van der Waals surface area contributed by atoms with Gasteiger partial charge in [0.05, 0.1) is 11.1 Å². The molecule has 0 heterocycles. The molecule has 108 valence electrons. The van der Waals surface area contributed by atoms with Crippen LogP contribution in [0.25, 0.3) is 0 Å². The molecule has 0 fully saturated rings. The van der Waals surface area contributed by atoms with Crippen LogP contribution in [0, 0.1) is 5.92 Å². The van der Waals surface area contributed by atoms with E-state index in [1.165, 1.54) is 18.2 Å². The zero-order valence-corrected chi connectivity index (χ0v) is 12.1. The van der Waals surface area contributed by atoms with Crippen LogP contribution in [0.5, 0.6) is 11.5 Å². The molecule has 0 saturated carbocycles. The first-order chi connectivity index (χ1) is 8.81. The van der Waals surface area contributed by atoms with Gasteiger partial charge in [0.1, 0.15) is 11.5 Å². The Bertz CT molecular complexity index is 412. The van der Waals surface area contributed by atoms with Crippen molar-refractivity contribution in [1.82, 2.24) is 5.32 Å². The molecule has 1 aromatic rings. The van der Waals surface area contributed by atoms with Crippen LogP contribution >= 0.6 is 15.9 Å². The fourth-order valence-electron chi connectivity index (χ4n) is 1.42. The first-order valence-electron chi connectivity index (χ1n) is 5.64. The summed E-state index contributed by atoms with van der Waals surface area (Å²) in [6, 6.07) is 4.11. The van der Waals surface area contributed by atoms with Crippen molar-refractivity contribution in [2.24, 2.45) is 5.92 Å². The third-order valence-electron chi connectivity index (χ3n) is 2.22. The number of hydrogen-bond donors (Lipinski definition) is 1. The van der Waals surface area contributed by atoms with Gasteiger partial charge in [0, 0.05) is 12.5 Å². The summed E-state index contributed by atoms with van der Waals surface area (Å²) in [6.45, 7) is 3.29. The van der Waals surface area contributed by atoms with Gasteiger partial charge in [-0.25, -0.2) is 0 Å². The van der Waals surface area contributed by atoms with Crippen LogP contribution in [0.1, 0.15) is 6.92 Å². The van der Waals surface area contributed by atoms with Crippen LogP contribution < -0.4 is 14.8 Å². The monoisotopic (exact) mass is 341 g/mol. The van der Waals surface area contributed by atoms with Crippen molar-refractivity contribution in [3.63, 3.8) is 0 Å². The van der Waals surface area contributed by atoms with Crippen LogP contribution in [0.4, 0.5) is 13.2 Å². The Balaban J connectivity index is 2.61. The van der Waals surface area contributed by atoms with Gasteiger partial charge in [-0.3, -0.25) is 0 Å². The van der Waals surface area contributed by atoms with E-state index in [1.807, 2.05) is 14.0 Å². The number of nitrogens with one attached hydrogen (secondary N) is 1. The van der Waals surface area contributed by atoms with Gasteiger partial charge >= 0.3 is 6.36 Å². The molecule has 0 aliphatic heterocycles. The first-order valence-corrected chi connectivity index (χ1v) is 6.44. The molecule has 3 nitrogen and oxygen atoms in total. The van der Waals surface area contributed by atoms with Crippen molar-refractivity contribution in [1.29, 1.82) is 0 Å². The van der Waals surface area contributed by atoms with Gasteiger partial charge < -0.3 is 14.8 Å². The predicted molar refractivity (Wildman–Crippen MR) is 69.4 cm³/mol. The van der Waals surface area contributed by atoms with Crippen LogP contribution in [0.3, 0.4) is 0 Å². The minimum atomic E-state index is -4.70. The van der Waals surface area contributed by atoms with E-state index in [9.17, 15) is 13.2 Å². The lowest BCUT2D eigenvalue weighted by molar-refractivity contribution is -0.274. The van der Waals surface area contributed by atoms with Gasteiger partial charge in [-0.15, -0.1) is 13.2 Å². The number of halogens is 4. The second-order valence-corrected chi connectivity index (χ2v) is 4.97. The quantitative estimate of drug-likeness (QED) is 0.857. The second kappa shape index (κ2) is 7.00. The largest absolute Gasteiger partial charge is 0.573 e. The molecule has 0 aliphatic carbocycles. The SMILES string of the molecule is CNCC(C)COc1ccc(OC(F)(F)F)c(Br)c1. The van der Waals surface area contributed by atoms with Crippen molar-refractivity contribution < 1.29 is 22.6 Å². The lowest BCUT2D eigenvalue weighted by Crippen LogP contribution is -2.21. The highest BCUT2D eigenvalue weighted by Gasteiger charge is 2.31. The summed E-state index contributed by atoms with van der Waals surface area (Å²) in [5.41, 5.74) is 0. The molecule has 1 aromatic carbocycles. The fraction of sp³-hybridized carbons (Fsp3) is 0.500. The Morgan fingerprint density at radius 1 is 1.37 bits per heavy atom. The van der Waals surface area contributed by atoms with Crippen LogP contribution in [-0.2, 0) is 0 Å². The van der Waals surface area contributed by atoms with Gasteiger partial charge in [0.2, 0.25) is 0 Å². The van der Waals surface area contributed by atoms with Crippen molar-refractivity contribution >= 4 is 15.9 Å². The van der Waals surface area contributed by atoms with E-state index in [1.54, 1.807) is 0 Å². The molecule has 0 bridgehead atoms. The lowest BCUT2D eigenvalue weighted by Gasteiger charge is -2.14. The fourth-order valence-corrected chi connectivity index (χ4v) is 1.86. The van der Waals surface area contributed by atoms with Gasteiger partial charge in [-0.05, 0) is 41.2 Å². The molecule has 7 heteroatoms. The number of alkyl halides is 3. The van der Waals surface area contributed by atoms with Gasteiger partial charge in [0.25, 0.3) is 0 Å². The minimum absolute atomic E-state index is 0.198. The predicted octanol–water partition coefficient (Wildman–Crippen LogP) is 3.58. The first kappa shape index (κ1) is 16.1. The highest BCUT2D eigenvalue weighted by atomic mass is 79.9. The Morgan fingerprint density at radius 3 is 2.58 bits per heavy atom. The maximum absolute atomic E-state index is 12.1. The molecule has 1 atom stereocenters. The molecule has 1 unspecified atom stereocenters. The smallest absolute Gasteiger partial charge is 0.493 e. The third-order valence-corrected chi connectivity index (χ3v) is 2.84. The Hall–Kier alpha value is -0.950. The van der Waals surface area contributed by atoms with E-state index >= 15 is 0 Å². The van der Waals surface area contributed by atoms with Crippen molar-refractivity contribution in [2.45, 2.75) is 13.3 Å². The highest BCUT2D eigenvalue weighted by molar-refractivity contribution is 9.10. The van der Waals surface area contributed by atoms with E-state index in [2.05, 4.69) is 26.0 Å². The van der Waals surface area contributed by atoms with Gasteiger partial charge in [-0.1, -0.05) is 6.92 Å². The van der Waals surface area contributed by atoms with Crippen molar-refractivity contribution in [3.8, 4) is 11.5 Å². The molecular weight excluding hydrogens is 327 g/mol. The van der Waals surface area contributed by atoms with Crippen molar-refractivity contribution in [2.75, 3.05) is 20.2 Å². The van der Waals surface area contributed by atoms with Crippen molar-refractivity contribution in [3.05, 3.63) is 22.7 Å². The molecule has 19 heavy (non-hydrogen) atoms. The maximum atomic E-state index is 12.1. The molecule has 0 amide bonds. The van der Waals surface area contributed by atoms with Crippen LogP contribution in [0.15, 0.2) is 22.7 Å². The number of rotatable bonds is 6. The van der Waals surface area contributed by atoms with E-state index in [4.69, 9.17) is 4.74 Å². The number of benzene rings is 1. The number of ether oxygens (including phenoxy) is 2. The average Bonchev–Trinajstić information content (AvgIpc) is 2.28. The molecule has 0 radical (unpaired) electrons. The zero-order valence-electron chi connectivity index (χ0n) is 10.6. The maximum Gasteiger partial charge on any atom is 0.573 e. The van der Waals surface area contributed by atoms with E-state index in [0.717, 1.165) is 6.54 Å². The van der Waals surface area contributed by atoms with E-state index < -0.39 is 6.36 Å². The molecule has 0 aromatic heterocycles. The summed E-state index contributed by atoms with van der Waals surface area (Å²) in [5, 5.41) is 3.02. The Kier molecular flexibility index (Phi) is 5.93. The van der Waals surface area contributed by atoms with E-state index in [-0.39, 0.29) is 10.2 Å². The normalized spacial score (nSPS) is 13.2. The summed E-state index contributed by atoms with van der Waals surface area (Å²) < 4.78 is 45.8. The van der Waals surface area contributed by atoms with Crippen LogP contribution in [0.2, 0.25) is 0 Å². The number of hydrogen-bond acceptors (Lipinski definition) is 3. The summed E-state index contributed by atoms with van der Waals surface area (Å²) in [6.07, 6.45) is -4.70. The highest BCUT2D eigenvalue weighted by Crippen LogP contribution is 2.33. The van der Waals surface area contributed by atoms with Gasteiger partial charge in [0.15, 0.2) is 0 Å². The molecule has 0 spiro atoms. The second-order valence-electron chi connectivity index (χ2n) is 4.11. The summed E-state index contributed by atoms with van der Waals surface area (Å²) in [4.78, 5) is 0.